The molecule has 132 valence electrons. The molecule has 1 heterocycles. The van der Waals surface area contributed by atoms with Crippen LogP contribution in [0.5, 0.6) is 5.75 Å². The summed E-state index contributed by atoms with van der Waals surface area (Å²) < 4.78 is 19.3. The summed E-state index contributed by atoms with van der Waals surface area (Å²) in [6.07, 6.45) is -0.802. The molecule has 0 aromatic heterocycles. The van der Waals surface area contributed by atoms with Crippen molar-refractivity contribution >= 4 is 40.9 Å². The summed E-state index contributed by atoms with van der Waals surface area (Å²) in [5.41, 5.74) is 0.833. The highest BCUT2D eigenvalue weighted by Crippen LogP contribution is 2.42. The van der Waals surface area contributed by atoms with Crippen LogP contribution in [0.1, 0.15) is 17.9 Å². The number of hydrogen-bond acceptors (Lipinski definition) is 3. The van der Waals surface area contributed by atoms with Crippen LogP contribution in [0.4, 0.5) is 4.39 Å². The molecule has 0 saturated carbocycles. The number of amides is 1. The van der Waals surface area contributed by atoms with Gasteiger partial charge < -0.3 is 9.64 Å². The molecule has 1 amide bonds. The molecule has 2 aromatic rings. The van der Waals surface area contributed by atoms with Crippen LogP contribution in [0.15, 0.2) is 42.5 Å². The predicted octanol–water partition coefficient (Wildman–Crippen LogP) is 5.17. The molecule has 3 rings (SSSR count). The summed E-state index contributed by atoms with van der Waals surface area (Å²) >= 11 is 13.9. The third-order valence-electron chi connectivity index (χ3n) is 3.89. The van der Waals surface area contributed by atoms with Gasteiger partial charge in [0.1, 0.15) is 5.37 Å². The smallest absolute Gasteiger partial charge is 0.264 e. The minimum Gasteiger partial charge on any atom is -0.478 e. The van der Waals surface area contributed by atoms with E-state index in [4.69, 9.17) is 27.9 Å². The van der Waals surface area contributed by atoms with E-state index in [9.17, 15) is 9.18 Å². The lowest BCUT2D eigenvalue weighted by Crippen LogP contribution is -2.40. The van der Waals surface area contributed by atoms with Crippen LogP contribution in [0, 0.1) is 5.82 Å². The van der Waals surface area contributed by atoms with E-state index in [0.717, 1.165) is 11.3 Å². The molecule has 0 aliphatic carbocycles. The summed E-state index contributed by atoms with van der Waals surface area (Å²) in [5, 5.41) is 0.863. The van der Waals surface area contributed by atoms with Crippen LogP contribution < -0.4 is 4.74 Å². The summed E-state index contributed by atoms with van der Waals surface area (Å²) in [7, 11) is 0. The molecule has 1 aliphatic heterocycles. The van der Waals surface area contributed by atoms with E-state index in [1.165, 1.54) is 12.1 Å². The quantitative estimate of drug-likeness (QED) is 0.709. The summed E-state index contributed by atoms with van der Waals surface area (Å²) in [5.74, 6) is 0.165. The van der Waals surface area contributed by atoms with Gasteiger partial charge in [-0.05, 0) is 31.2 Å². The van der Waals surface area contributed by atoms with Gasteiger partial charge in [0.25, 0.3) is 5.91 Å². The second-order valence-corrected chi connectivity index (χ2v) is 7.64. The normalized spacial score (nSPS) is 18.2. The number of hydrogen-bond donors (Lipinski definition) is 0. The first-order chi connectivity index (χ1) is 12.0. The van der Waals surface area contributed by atoms with Crippen LogP contribution in [-0.2, 0) is 4.79 Å². The molecule has 25 heavy (non-hydrogen) atoms. The van der Waals surface area contributed by atoms with E-state index in [-0.39, 0.29) is 17.0 Å². The zero-order chi connectivity index (χ0) is 18.0. The first-order valence-electron chi connectivity index (χ1n) is 7.75. The van der Waals surface area contributed by atoms with Crippen molar-refractivity contribution in [3.8, 4) is 5.75 Å². The topological polar surface area (TPSA) is 29.5 Å². The van der Waals surface area contributed by atoms with E-state index >= 15 is 0 Å². The van der Waals surface area contributed by atoms with Gasteiger partial charge in [-0.15, -0.1) is 11.8 Å². The van der Waals surface area contributed by atoms with Crippen LogP contribution >= 0.6 is 35.0 Å². The number of thioether (sulfide) groups is 1. The molecule has 2 aromatic carbocycles. The van der Waals surface area contributed by atoms with Crippen molar-refractivity contribution in [2.24, 2.45) is 0 Å². The van der Waals surface area contributed by atoms with E-state index in [1.807, 2.05) is 6.07 Å². The molecule has 2 unspecified atom stereocenters. The van der Waals surface area contributed by atoms with Crippen molar-refractivity contribution in [2.75, 3.05) is 12.3 Å². The van der Waals surface area contributed by atoms with Gasteiger partial charge in [-0.2, -0.15) is 0 Å². The highest BCUT2D eigenvalue weighted by atomic mass is 35.5. The van der Waals surface area contributed by atoms with Crippen LogP contribution in [0.3, 0.4) is 0 Å². The number of ether oxygens (including phenoxy) is 1. The monoisotopic (exact) mass is 399 g/mol. The second kappa shape index (κ2) is 7.85. The van der Waals surface area contributed by atoms with Gasteiger partial charge in [0.05, 0.1) is 0 Å². The largest absolute Gasteiger partial charge is 0.478 e. The molecule has 0 spiro atoms. The van der Waals surface area contributed by atoms with E-state index in [0.29, 0.717) is 16.6 Å². The molecule has 1 fully saturated rings. The van der Waals surface area contributed by atoms with Gasteiger partial charge in [-0.3, -0.25) is 4.79 Å². The van der Waals surface area contributed by atoms with Crippen molar-refractivity contribution < 1.29 is 13.9 Å². The van der Waals surface area contributed by atoms with Crippen LogP contribution in [0.25, 0.3) is 0 Å². The average Bonchev–Trinajstić information content (AvgIpc) is 3.05. The Balaban J connectivity index is 1.77. The maximum Gasteiger partial charge on any atom is 0.264 e. The van der Waals surface area contributed by atoms with Crippen molar-refractivity contribution in [1.82, 2.24) is 4.90 Å². The average molecular weight is 400 g/mol. The highest BCUT2D eigenvalue weighted by molar-refractivity contribution is 7.99. The minimum atomic E-state index is -0.802. The van der Waals surface area contributed by atoms with Crippen molar-refractivity contribution in [3.63, 3.8) is 0 Å². The number of para-hydroxylation sites is 1. The number of benzene rings is 2. The standard InChI is InChI=1S/C18H16Cl2FNO2S/c1-11(24-16-5-3-2-4-15(16)21)17(23)22-8-9-25-18(22)13-7-6-12(19)10-14(13)20/h2-7,10-11,18H,8-9H2,1H3. The molecule has 0 bridgehead atoms. The van der Waals surface area contributed by atoms with Crippen LogP contribution in [0.2, 0.25) is 10.0 Å². The fourth-order valence-corrected chi connectivity index (χ4v) is 4.55. The fourth-order valence-electron chi connectivity index (χ4n) is 2.67. The van der Waals surface area contributed by atoms with E-state index < -0.39 is 11.9 Å². The maximum absolute atomic E-state index is 13.7. The fraction of sp³-hybridized carbons (Fsp3) is 0.278. The summed E-state index contributed by atoms with van der Waals surface area (Å²) in [4.78, 5) is 14.5. The molecule has 2 atom stereocenters. The Kier molecular flexibility index (Phi) is 5.77. The number of nitrogens with zero attached hydrogens (tertiary/aromatic N) is 1. The number of halogens is 3. The lowest BCUT2D eigenvalue weighted by molar-refractivity contribution is -0.138. The maximum atomic E-state index is 13.7. The summed E-state index contributed by atoms with van der Waals surface area (Å²) in [6.45, 7) is 2.20. The van der Waals surface area contributed by atoms with Crippen molar-refractivity contribution in [2.45, 2.75) is 18.4 Å². The molecular weight excluding hydrogens is 384 g/mol. The third kappa shape index (κ3) is 4.05. The van der Waals surface area contributed by atoms with Crippen molar-refractivity contribution in [3.05, 3.63) is 63.9 Å². The van der Waals surface area contributed by atoms with Gasteiger partial charge in [0.2, 0.25) is 0 Å². The molecular formula is C18H16Cl2FNO2S. The molecule has 1 saturated heterocycles. The second-order valence-electron chi connectivity index (χ2n) is 5.61. The van der Waals surface area contributed by atoms with Gasteiger partial charge in [-0.25, -0.2) is 4.39 Å². The van der Waals surface area contributed by atoms with E-state index in [2.05, 4.69) is 0 Å². The molecule has 7 heteroatoms. The minimum absolute atomic E-state index is 0.0660. The lowest BCUT2D eigenvalue weighted by atomic mass is 10.2. The molecule has 0 N–H and O–H groups in total. The van der Waals surface area contributed by atoms with Gasteiger partial charge >= 0.3 is 0 Å². The van der Waals surface area contributed by atoms with Gasteiger partial charge in [-0.1, -0.05) is 41.4 Å². The third-order valence-corrected chi connectivity index (χ3v) is 5.70. The molecule has 1 aliphatic rings. The number of carbonyl (C=O) groups is 1. The molecule has 3 nitrogen and oxygen atoms in total. The molecule has 0 radical (unpaired) electrons. The van der Waals surface area contributed by atoms with Crippen molar-refractivity contribution in [1.29, 1.82) is 0 Å². The SMILES string of the molecule is CC(Oc1ccccc1F)C(=O)N1CCSC1c1ccc(Cl)cc1Cl. The Morgan fingerprint density at radius 1 is 1.32 bits per heavy atom. The first-order valence-corrected chi connectivity index (χ1v) is 9.56. The first kappa shape index (κ1) is 18.4. The zero-order valence-electron chi connectivity index (χ0n) is 13.4. The number of rotatable bonds is 4. The van der Waals surface area contributed by atoms with Gasteiger partial charge in [0, 0.05) is 27.9 Å². The number of carbonyl (C=O) groups excluding carboxylic acids is 1. The Morgan fingerprint density at radius 2 is 2.08 bits per heavy atom. The summed E-state index contributed by atoms with van der Waals surface area (Å²) in [6, 6.07) is 11.3. The Morgan fingerprint density at radius 3 is 2.80 bits per heavy atom. The van der Waals surface area contributed by atoms with Gasteiger partial charge in [0.15, 0.2) is 17.7 Å². The van der Waals surface area contributed by atoms with Crippen LogP contribution in [-0.4, -0.2) is 29.2 Å². The Labute approximate surface area is 160 Å². The highest BCUT2D eigenvalue weighted by Gasteiger charge is 2.35. The Bertz CT molecular complexity index is 789. The zero-order valence-corrected chi connectivity index (χ0v) is 15.7. The predicted molar refractivity (Wildman–Crippen MR) is 99.9 cm³/mol. The Hall–Kier alpha value is -1.43. The van der Waals surface area contributed by atoms with E-state index in [1.54, 1.807) is 47.9 Å². The lowest BCUT2D eigenvalue weighted by Gasteiger charge is -2.27.